The van der Waals surface area contributed by atoms with Crippen LogP contribution in [0.5, 0.6) is 0 Å². The molecule has 64 heavy (non-hydrogen) atoms. The van der Waals surface area contributed by atoms with Gasteiger partial charge in [0.1, 0.15) is 29.3 Å². The van der Waals surface area contributed by atoms with Crippen LogP contribution in [0.25, 0.3) is 0 Å². The van der Waals surface area contributed by atoms with Gasteiger partial charge in [-0.3, -0.25) is 24.1 Å². The molecule has 15 nitrogen and oxygen atoms in total. The number of ether oxygens (including phenoxy) is 4. The van der Waals surface area contributed by atoms with Crippen LogP contribution in [0.4, 0.5) is 4.79 Å². The summed E-state index contributed by atoms with van der Waals surface area (Å²) in [5, 5.41) is 5.97. The van der Waals surface area contributed by atoms with Gasteiger partial charge in [-0.25, -0.2) is 9.59 Å². The lowest BCUT2D eigenvalue weighted by Gasteiger charge is -2.41. The summed E-state index contributed by atoms with van der Waals surface area (Å²) < 4.78 is 23.5. The Balaban J connectivity index is 1.49. The van der Waals surface area contributed by atoms with E-state index in [4.69, 9.17) is 18.9 Å². The van der Waals surface area contributed by atoms with Gasteiger partial charge >= 0.3 is 12.1 Å². The molecule has 3 fully saturated rings. The van der Waals surface area contributed by atoms with E-state index in [1.54, 1.807) is 70.2 Å². The number of nitrogens with one attached hydrogen (secondary N) is 2. The van der Waals surface area contributed by atoms with E-state index < -0.39 is 77.5 Å². The molecule has 3 aliphatic rings. The summed E-state index contributed by atoms with van der Waals surface area (Å²) in [6.45, 7) is 20.7. The zero-order chi connectivity index (χ0) is 47.8. The fourth-order valence-corrected chi connectivity index (χ4v) is 9.90. The second-order valence-corrected chi connectivity index (χ2v) is 20.7. The number of piperidine rings is 1. The van der Waals surface area contributed by atoms with E-state index in [1.807, 2.05) is 58.0 Å². The quantitative estimate of drug-likeness (QED) is 0.159. The largest absolute Gasteiger partial charge is 0.458 e. The molecule has 5 amide bonds. The van der Waals surface area contributed by atoms with Gasteiger partial charge in [-0.15, -0.1) is 0 Å². The van der Waals surface area contributed by atoms with E-state index in [0.717, 1.165) is 24.8 Å². The van der Waals surface area contributed by atoms with Gasteiger partial charge in [-0.2, -0.15) is 0 Å². The number of carbonyl (C=O) groups excluding carboxylic acids is 6. The number of hydrogen-bond acceptors (Lipinski definition) is 10. The van der Waals surface area contributed by atoms with E-state index in [2.05, 4.69) is 10.6 Å². The molecule has 2 saturated heterocycles. The highest BCUT2D eigenvalue weighted by atomic mass is 16.6. The van der Waals surface area contributed by atoms with Gasteiger partial charge in [-0.1, -0.05) is 71.4 Å². The van der Waals surface area contributed by atoms with Gasteiger partial charge in [0.25, 0.3) is 0 Å². The standard InChI is InChI=1S/C49H79N5O10/c1-15-30(4)40(52(12)45(58)39(29(2)3)51-44(57)41-33-23-24-34(27-33)54(41)47(60)64-49(9,10)11)37(61-13)28-38(55)53-25-19-22-36(53)42(62-14)31(5)43(56)50-35(46(59)63-48(6,7)8)26-32-20-17-16-18-21-32/h16-18,20-21,29-31,33-37,39-42H,15,19,22-28H2,1-14H3,(H,50,56)(H,51,57)/t30-,31+,33-,34+,35-,36-,37+,39-,40-,41-,42+/m0/s1. The number of nitrogens with zero attached hydrogens (tertiary/aromatic N) is 3. The van der Waals surface area contributed by atoms with Crippen molar-refractivity contribution in [1.82, 2.24) is 25.3 Å². The third-order valence-electron chi connectivity index (χ3n) is 13.2. The van der Waals surface area contributed by atoms with Crippen LogP contribution in [0.1, 0.15) is 127 Å². The predicted molar refractivity (Wildman–Crippen MR) is 244 cm³/mol. The van der Waals surface area contributed by atoms with Gasteiger partial charge in [0.15, 0.2) is 0 Å². The zero-order valence-corrected chi connectivity index (χ0v) is 41.1. The van der Waals surface area contributed by atoms with Gasteiger partial charge in [0.2, 0.25) is 23.6 Å². The van der Waals surface area contributed by atoms with Crippen LogP contribution in [-0.2, 0) is 49.3 Å². The van der Waals surface area contributed by atoms with Crippen LogP contribution in [-0.4, -0.2) is 138 Å². The smallest absolute Gasteiger partial charge is 0.411 e. The van der Waals surface area contributed by atoms with Gasteiger partial charge in [0.05, 0.1) is 36.6 Å². The molecule has 0 unspecified atom stereocenters. The summed E-state index contributed by atoms with van der Waals surface area (Å²) in [6.07, 6.45) is 2.63. The van der Waals surface area contributed by atoms with Crippen LogP contribution in [0.3, 0.4) is 0 Å². The monoisotopic (exact) mass is 898 g/mol. The third kappa shape index (κ3) is 13.2. The average molecular weight is 898 g/mol. The first kappa shape index (κ1) is 52.4. The lowest BCUT2D eigenvalue weighted by Crippen LogP contribution is -2.61. The van der Waals surface area contributed by atoms with Gasteiger partial charge < -0.3 is 39.4 Å². The SMILES string of the molecule is CC[C@H](C)[C@@H]([C@@H](CC(=O)N1CCC[C@H]1[C@H](OC)[C@@H](C)C(=O)N[C@@H](Cc1ccccc1)C(=O)OC(C)(C)C)OC)N(C)C(=O)[C@@H](NC(=O)[C@@H]1[C@H]2CC[C@H](C2)N1C(=O)OC(C)(C)C)C(C)C. The molecular weight excluding hydrogens is 819 g/mol. The normalized spacial score (nSPS) is 23.1. The number of hydrogen-bond donors (Lipinski definition) is 2. The molecule has 15 heteroatoms. The Kier molecular flexibility index (Phi) is 18.3. The minimum absolute atomic E-state index is 0.0202. The van der Waals surface area contributed by atoms with Crippen molar-refractivity contribution in [2.75, 3.05) is 27.8 Å². The first-order valence-electron chi connectivity index (χ1n) is 23.4. The molecule has 2 bridgehead atoms. The molecule has 2 heterocycles. The molecule has 2 aliphatic heterocycles. The molecule has 0 radical (unpaired) electrons. The number of likely N-dealkylation sites (N-methyl/N-ethyl adjacent to an activating group) is 1. The van der Waals surface area contributed by atoms with Gasteiger partial charge in [0, 0.05) is 40.3 Å². The highest BCUT2D eigenvalue weighted by Crippen LogP contribution is 2.43. The Morgan fingerprint density at radius 2 is 1.50 bits per heavy atom. The van der Waals surface area contributed by atoms with E-state index in [0.29, 0.717) is 25.8 Å². The number of benzene rings is 1. The number of carbonyl (C=O) groups is 6. The van der Waals surface area contributed by atoms with Crippen molar-refractivity contribution < 1.29 is 47.7 Å². The van der Waals surface area contributed by atoms with Crippen molar-refractivity contribution in [1.29, 1.82) is 0 Å². The van der Waals surface area contributed by atoms with Crippen LogP contribution in [0, 0.1) is 23.7 Å². The Morgan fingerprint density at radius 3 is 2.06 bits per heavy atom. The van der Waals surface area contributed by atoms with E-state index >= 15 is 0 Å². The maximum atomic E-state index is 14.6. The summed E-state index contributed by atoms with van der Waals surface area (Å²) in [4.78, 5) is 88.9. The predicted octanol–water partition coefficient (Wildman–Crippen LogP) is 5.90. The molecule has 0 spiro atoms. The minimum atomic E-state index is -0.941. The van der Waals surface area contributed by atoms with Crippen molar-refractivity contribution in [3.05, 3.63) is 35.9 Å². The summed E-state index contributed by atoms with van der Waals surface area (Å²) >= 11 is 0. The molecule has 360 valence electrons. The van der Waals surface area contributed by atoms with E-state index in [9.17, 15) is 28.8 Å². The maximum absolute atomic E-state index is 14.6. The van der Waals surface area contributed by atoms with E-state index in [-0.39, 0.29) is 54.4 Å². The van der Waals surface area contributed by atoms with Crippen molar-refractivity contribution in [3.8, 4) is 0 Å². The van der Waals surface area contributed by atoms with Crippen LogP contribution in [0.15, 0.2) is 30.3 Å². The Morgan fingerprint density at radius 1 is 0.859 bits per heavy atom. The van der Waals surface area contributed by atoms with Crippen molar-refractivity contribution in [2.45, 2.75) is 187 Å². The first-order chi connectivity index (χ1) is 29.9. The summed E-state index contributed by atoms with van der Waals surface area (Å²) in [7, 11) is 4.76. The van der Waals surface area contributed by atoms with Crippen LogP contribution < -0.4 is 10.6 Å². The summed E-state index contributed by atoms with van der Waals surface area (Å²) in [5.74, 6) is -2.96. The number of likely N-dealkylation sites (tertiary alicyclic amines) is 2. The highest BCUT2D eigenvalue weighted by molar-refractivity contribution is 5.92. The fraction of sp³-hybridized carbons (Fsp3) is 0.755. The van der Waals surface area contributed by atoms with E-state index in [1.165, 1.54) is 14.2 Å². The Bertz CT molecular complexity index is 1760. The second kappa shape index (κ2) is 22.3. The number of amides is 5. The fourth-order valence-electron chi connectivity index (χ4n) is 9.90. The van der Waals surface area contributed by atoms with Crippen molar-refractivity contribution in [3.63, 3.8) is 0 Å². The average Bonchev–Trinajstić information content (AvgIpc) is 3.99. The molecule has 2 N–H and O–H groups in total. The second-order valence-electron chi connectivity index (χ2n) is 20.7. The molecule has 1 aliphatic carbocycles. The molecule has 1 aromatic rings. The maximum Gasteiger partial charge on any atom is 0.411 e. The lowest BCUT2D eigenvalue weighted by molar-refractivity contribution is -0.159. The molecular formula is C49H79N5O10. The third-order valence-corrected chi connectivity index (χ3v) is 13.2. The number of rotatable bonds is 19. The van der Waals surface area contributed by atoms with Gasteiger partial charge in [-0.05, 0) is 97.0 Å². The summed E-state index contributed by atoms with van der Waals surface area (Å²) in [5.41, 5.74) is -0.618. The highest BCUT2D eigenvalue weighted by Gasteiger charge is 2.53. The summed E-state index contributed by atoms with van der Waals surface area (Å²) in [6, 6.07) is 5.78. The number of fused-ring (bicyclic) bond motifs is 2. The molecule has 4 rings (SSSR count). The first-order valence-corrected chi connectivity index (χ1v) is 23.4. The molecule has 1 saturated carbocycles. The Labute approximate surface area is 382 Å². The van der Waals surface area contributed by atoms with Crippen molar-refractivity contribution in [2.24, 2.45) is 23.7 Å². The van der Waals surface area contributed by atoms with Crippen LogP contribution in [0.2, 0.25) is 0 Å². The molecule has 1 aromatic carbocycles. The molecule has 11 atom stereocenters. The zero-order valence-electron chi connectivity index (χ0n) is 41.1. The number of esters is 1. The number of methoxy groups -OCH3 is 2. The molecule has 0 aromatic heterocycles. The lowest BCUT2D eigenvalue weighted by atomic mass is 9.89. The topological polar surface area (TPSA) is 173 Å². The van der Waals surface area contributed by atoms with Crippen molar-refractivity contribution >= 4 is 35.7 Å². The Hall–Kier alpha value is -4.24. The minimum Gasteiger partial charge on any atom is -0.458 e. The van der Waals surface area contributed by atoms with Crippen LogP contribution >= 0.6 is 0 Å².